The number of carbonyl (C=O) groups excluding carboxylic acids is 1. The second-order valence-electron chi connectivity index (χ2n) is 9.59. The fraction of sp³-hybridized carbons (Fsp3) is 0.188. The van der Waals surface area contributed by atoms with Crippen LogP contribution in [0.15, 0.2) is 77.8 Å². The number of aromatic nitrogens is 2. The van der Waals surface area contributed by atoms with Gasteiger partial charge in [-0.05, 0) is 84.0 Å². The summed E-state index contributed by atoms with van der Waals surface area (Å²) < 4.78 is 6.18. The van der Waals surface area contributed by atoms with Gasteiger partial charge >= 0.3 is 0 Å². The number of benzene rings is 1. The van der Waals surface area contributed by atoms with Crippen LogP contribution in [0.4, 0.5) is 5.69 Å². The summed E-state index contributed by atoms with van der Waals surface area (Å²) in [5.74, 6) is 3.40. The number of ether oxygens (including phenoxy) is 1. The topological polar surface area (TPSA) is 131 Å². The summed E-state index contributed by atoms with van der Waals surface area (Å²) >= 11 is 0. The van der Waals surface area contributed by atoms with Crippen LogP contribution < -0.4 is 10.1 Å². The van der Waals surface area contributed by atoms with Gasteiger partial charge in [0.25, 0.3) is 5.69 Å². The van der Waals surface area contributed by atoms with Crippen molar-refractivity contribution in [2.45, 2.75) is 38.6 Å². The first-order chi connectivity index (χ1) is 19.9. The molecule has 0 spiro atoms. The van der Waals surface area contributed by atoms with Crippen molar-refractivity contribution in [2.24, 2.45) is 0 Å². The van der Waals surface area contributed by atoms with E-state index >= 15 is 0 Å². The van der Waals surface area contributed by atoms with Crippen LogP contribution in [0.3, 0.4) is 0 Å². The van der Waals surface area contributed by atoms with Crippen molar-refractivity contribution in [3.63, 3.8) is 0 Å². The van der Waals surface area contributed by atoms with Crippen LogP contribution in [-0.4, -0.2) is 20.8 Å². The fourth-order valence-electron chi connectivity index (χ4n) is 4.74. The highest BCUT2D eigenvalue weighted by Gasteiger charge is 2.25. The lowest BCUT2D eigenvalue weighted by molar-refractivity contribution is -0.384. The molecule has 0 atom stereocenters. The molecule has 1 amide bonds. The molecule has 0 saturated carbocycles. The van der Waals surface area contributed by atoms with E-state index in [2.05, 4.69) is 27.3 Å². The Labute approximate surface area is 237 Å². The average Bonchev–Trinajstić information content (AvgIpc) is 3.00. The number of pyridine rings is 2. The number of hydrogen-bond donors (Lipinski definition) is 1. The van der Waals surface area contributed by atoms with Gasteiger partial charge in [0.15, 0.2) is 0 Å². The number of carbonyl (C=O) groups is 1. The second kappa shape index (κ2) is 12.1. The van der Waals surface area contributed by atoms with E-state index in [9.17, 15) is 20.2 Å². The van der Waals surface area contributed by atoms with E-state index in [1.165, 1.54) is 12.1 Å². The van der Waals surface area contributed by atoms with Gasteiger partial charge in [-0.2, -0.15) is 5.26 Å². The number of non-ortho nitro benzene ring substituents is 1. The molecule has 0 saturated heterocycles. The highest BCUT2D eigenvalue weighted by Crippen LogP contribution is 2.41. The summed E-state index contributed by atoms with van der Waals surface area (Å²) in [4.78, 5) is 31.6. The van der Waals surface area contributed by atoms with Gasteiger partial charge in [0.1, 0.15) is 11.5 Å². The number of nitro groups is 1. The van der Waals surface area contributed by atoms with E-state index < -0.39 is 4.92 Å². The molecule has 1 aliphatic heterocycles. The quantitative estimate of drug-likeness (QED) is 0.162. The van der Waals surface area contributed by atoms with E-state index in [1.807, 2.05) is 24.3 Å². The Balaban J connectivity index is 1.42. The maximum absolute atomic E-state index is 11.9. The summed E-state index contributed by atoms with van der Waals surface area (Å²) in [5, 5.41) is 24.2. The number of nitrogens with zero attached hydrogens (tertiary/aromatic N) is 4. The molecule has 3 heterocycles. The number of amides is 1. The summed E-state index contributed by atoms with van der Waals surface area (Å²) in [7, 11) is 0. The summed E-state index contributed by atoms with van der Waals surface area (Å²) in [5.41, 5.74) is 5.77. The van der Waals surface area contributed by atoms with Gasteiger partial charge in [-0.15, -0.1) is 12.3 Å². The Morgan fingerprint density at radius 1 is 1.15 bits per heavy atom. The first kappa shape index (κ1) is 27.0. The van der Waals surface area contributed by atoms with Gasteiger partial charge in [0, 0.05) is 43.4 Å². The van der Waals surface area contributed by atoms with Crippen LogP contribution in [-0.2, 0) is 11.3 Å². The Bertz CT molecular complexity index is 1720. The van der Waals surface area contributed by atoms with E-state index in [0.29, 0.717) is 53.4 Å². The molecule has 41 heavy (non-hydrogen) atoms. The molecule has 9 heteroatoms. The average molecular weight is 544 g/mol. The zero-order valence-corrected chi connectivity index (χ0v) is 22.1. The van der Waals surface area contributed by atoms with Crippen LogP contribution in [0.25, 0.3) is 23.0 Å². The monoisotopic (exact) mass is 543 g/mol. The lowest BCUT2D eigenvalue weighted by Gasteiger charge is -2.26. The van der Waals surface area contributed by atoms with E-state index in [4.69, 9.17) is 11.2 Å². The zero-order chi connectivity index (χ0) is 28.8. The summed E-state index contributed by atoms with van der Waals surface area (Å²) in [6.45, 7) is 0.334. The number of nitriles is 1. The molecule has 1 aliphatic carbocycles. The van der Waals surface area contributed by atoms with E-state index in [1.54, 1.807) is 30.6 Å². The van der Waals surface area contributed by atoms with Crippen molar-refractivity contribution in [3.05, 3.63) is 105 Å². The fourth-order valence-corrected chi connectivity index (χ4v) is 4.74. The number of nitro benzene ring substituents is 1. The normalized spacial score (nSPS) is 14.0. The van der Waals surface area contributed by atoms with Crippen molar-refractivity contribution in [1.82, 2.24) is 15.3 Å². The van der Waals surface area contributed by atoms with Gasteiger partial charge in [-0.1, -0.05) is 0 Å². The van der Waals surface area contributed by atoms with Crippen LogP contribution in [0, 0.1) is 33.8 Å². The Hall–Kier alpha value is -5.54. The number of rotatable bonds is 8. The summed E-state index contributed by atoms with van der Waals surface area (Å²) in [6.07, 6.45) is 15.4. The van der Waals surface area contributed by atoms with Gasteiger partial charge in [-0.3, -0.25) is 24.9 Å². The predicted octanol–water partition coefficient (Wildman–Crippen LogP) is 5.90. The van der Waals surface area contributed by atoms with Crippen LogP contribution >= 0.6 is 0 Å². The molecule has 0 radical (unpaired) electrons. The Morgan fingerprint density at radius 3 is 2.73 bits per heavy atom. The third-order valence-corrected chi connectivity index (χ3v) is 6.81. The van der Waals surface area contributed by atoms with Crippen LogP contribution in [0.2, 0.25) is 0 Å². The smallest absolute Gasteiger partial charge is 0.273 e. The minimum atomic E-state index is -0.449. The van der Waals surface area contributed by atoms with Crippen molar-refractivity contribution in [3.8, 4) is 35.6 Å². The molecule has 2 aliphatic rings. The van der Waals surface area contributed by atoms with E-state index in [-0.39, 0.29) is 18.0 Å². The number of fused-ring (bicyclic) bond motifs is 2. The first-order valence-electron chi connectivity index (χ1n) is 13.1. The van der Waals surface area contributed by atoms with Gasteiger partial charge in [0.05, 0.1) is 34.0 Å². The molecule has 2 aromatic heterocycles. The third-order valence-electron chi connectivity index (χ3n) is 6.81. The standard InChI is InChI=1S/C32H25N5O4/c1-2-3-7-31(38)36-20-21-10-12-34-28(14-21)29-17-22(11-13-35-29)26(19-33)16-25-6-4-5-24-15-23-8-9-27(37(39)40)18-30(23)41-32(24)25/h1,8-18H,3-7,20H2,(H,36,38)/b26-16+. The highest BCUT2D eigenvalue weighted by molar-refractivity contribution is 5.81. The molecule has 0 bridgehead atoms. The molecule has 0 unspecified atom stereocenters. The van der Waals surface area contributed by atoms with Crippen molar-refractivity contribution in [1.29, 1.82) is 5.26 Å². The lowest BCUT2D eigenvalue weighted by Crippen LogP contribution is -2.22. The van der Waals surface area contributed by atoms with Crippen LogP contribution in [0.1, 0.15) is 48.8 Å². The molecule has 5 rings (SSSR count). The van der Waals surface area contributed by atoms with Crippen molar-refractivity contribution in [2.75, 3.05) is 0 Å². The van der Waals surface area contributed by atoms with Crippen molar-refractivity contribution < 1.29 is 14.5 Å². The minimum absolute atomic E-state index is 0.0416. The van der Waals surface area contributed by atoms with Gasteiger partial charge in [0.2, 0.25) is 5.91 Å². The SMILES string of the molecule is C#CCCC(=O)NCc1ccnc(-c2cc(/C(C#N)=C/C3=C4Oc5cc([N+](=O)[O-])ccc5C=C4CCC3)ccn2)c1. The maximum Gasteiger partial charge on any atom is 0.273 e. The number of hydrogen-bond acceptors (Lipinski definition) is 7. The van der Waals surface area contributed by atoms with Gasteiger partial charge < -0.3 is 10.1 Å². The molecule has 3 aromatic rings. The number of nitrogens with one attached hydrogen (secondary N) is 1. The van der Waals surface area contributed by atoms with E-state index in [0.717, 1.165) is 35.1 Å². The lowest BCUT2D eigenvalue weighted by atomic mass is 9.88. The Morgan fingerprint density at radius 2 is 1.95 bits per heavy atom. The molecule has 202 valence electrons. The minimum Gasteiger partial charge on any atom is -0.456 e. The van der Waals surface area contributed by atoms with Crippen molar-refractivity contribution >= 4 is 23.2 Å². The summed E-state index contributed by atoms with van der Waals surface area (Å²) in [6, 6.07) is 14.1. The van der Waals surface area contributed by atoms with Gasteiger partial charge in [-0.25, -0.2) is 0 Å². The van der Waals surface area contributed by atoms with Crippen LogP contribution in [0.5, 0.6) is 5.75 Å². The predicted molar refractivity (Wildman–Crippen MR) is 154 cm³/mol. The highest BCUT2D eigenvalue weighted by atomic mass is 16.6. The third kappa shape index (κ3) is 6.21. The molecular formula is C32H25N5O4. The first-order valence-corrected chi connectivity index (χ1v) is 13.1. The number of allylic oxidation sites excluding steroid dienone is 4. The molecule has 9 nitrogen and oxygen atoms in total. The molecule has 1 aromatic carbocycles. The molecular weight excluding hydrogens is 518 g/mol. The Kier molecular flexibility index (Phi) is 7.98. The largest absolute Gasteiger partial charge is 0.456 e. The number of terminal acetylenes is 1. The second-order valence-corrected chi connectivity index (χ2v) is 9.59. The maximum atomic E-state index is 11.9. The molecule has 1 N–H and O–H groups in total. The molecule has 0 fully saturated rings. The zero-order valence-electron chi connectivity index (χ0n) is 22.1.